The molecular weight excluding hydrogens is 358 g/mol. The van der Waals surface area contributed by atoms with E-state index in [4.69, 9.17) is 0 Å². The highest BCUT2D eigenvalue weighted by atomic mass is 32.1. The number of hydrazone groups is 1. The van der Waals surface area contributed by atoms with Crippen molar-refractivity contribution < 1.29 is 9.59 Å². The molecule has 1 N–H and O–H groups in total. The molecule has 2 aromatic carbocycles. The molecule has 0 saturated heterocycles. The molecule has 27 heavy (non-hydrogen) atoms. The maximum Gasteiger partial charge on any atom is 0.204 e. The molecule has 0 radical (unpaired) electrons. The van der Waals surface area contributed by atoms with Gasteiger partial charge in [-0.05, 0) is 30.5 Å². The van der Waals surface area contributed by atoms with E-state index in [0.717, 1.165) is 10.2 Å². The molecule has 4 rings (SSSR count). The van der Waals surface area contributed by atoms with Gasteiger partial charge in [0.05, 0.1) is 15.9 Å². The summed E-state index contributed by atoms with van der Waals surface area (Å²) in [6.45, 7) is 5.91. The number of ketones is 2. The van der Waals surface area contributed by atoms with Crippen LogP contribution in [0.4, 0.5) is 5.13 Å². The normalized spacial score (nSPS) is 15.0. The van der Waals surface area contributed by atoms with Crippen LogP contribution in [0.3, 0.4) is 0 Å². The lowest BCUT2D eigenvalue weighted by atomic mass is 9.90. The van der Waals surface area contributed by atoms with E-state index in [1.807, 2.05) is 32.9 Å². The van der Waals surface area contributed by atoms with Crippen LogP contribution in [0.15, 0.2) is 47.6 Å². The molecule has 0 saturated carbocycles. The molecule has 0 spiro atoms. The summed E-state index contributed by atoms with van der Waals surface area (Å²) in [6, 6.07) is 13.0. The van der Waals surface area contributed by atoms with Crippen LogP contribution < -0.4 is 5.43 Å². The van der Waals surface area contributed by atoms with Crippen LogP contribution in [-0.4, -0.2) is 22.3 Å². The third-order valence-corrected chi connectivity index (χ3v) is 5.62. The monoisotopic (exact) mass is 377 g/mol. The zero-order valence-electron chi connectivity index (χ0n) is 15.3. The van der Waals surface area contributed by atoms with Gasteiger partial charge in [-0.3, -0.25) is 15.0 Å². The summed E-state index contributed by atoms with van der Waals surface area (Å²) in [4.78, 5) is 30.1. The Morgan fingerprint density at radius 3 is 2.41 bits per heavy atom. The maximum atomic E-state index is 12.8. The predicted octanol–water partition coefficient (Wildman–Crippen LogP) is 4.72. The van der Waals surface area contributed by atoms with Gasteiger partial charge in [0.2, 0.25) is 5.13 Å². The van der Waals surface area contributed by atoms with E-state index in [2.05, 4.69) is 21.6 Å². The van der Waals surface area contributed by atoms with Crippen molar-refractivity contribution in [2.45, 2.75) is 20.8 Å². The molecule has 6 heteroatoms. The predicted molar refractivity (Wildman–Crippen MR) is 109 cm³/mol. The number of anilines is 1. The second kappa shape index (κ2) is 6.70. The molecule has 1 aromatic heterocycles. The van der Waals surface area contributed by atoms with E-state index < -0.39 is 5.92 Å². The summed E-state index contributed by atoms with van der Waals surface area (Å²) < 4.78 is 1.07. The number of fused-ring (bicyclic) bond motifs is 2. The molecule has 1 aliphatic rings. The van der Waals surface area contributed by atoms with Crippen molar-refractivity contribution in [3.05, 3.63) is 59.2 Å². The second-order valence-electron chi connectivity index (χ2n) is 7.00. The SMILES string of the molecule is Cc1ccc2nc(NN=C(C(C)C)C3C(=O)c4ccccc4C3=O)sc2c1. The first-order valence-corrected chi connectivity index (χ1v) is 9.65. The van der Waals surface area contributed by atoms with E-state index in [1.54, 1.807) is 24.3 Å². The number of thiazole rings is 1. The molecule has 3 aromatic rings. The van der Waals surface area contributed by atoms with Gasteiger partial charge in [-0.25, -0.2) is 4.98 Å². The smallest absolute Gasteiger partial charge is 0.204 e. The number of carbonyl (C=O) groups excluding carboxylic acids is 2. The van der Waals surface area contributed by atoms with Crippen LogP contribution >= 0.6 is 11.3 Å². The lowest BCUT2D eigenvalue weighted by molar-refractivity contribution is 0.0881. The van der Waals surface area contributed by atoms with Gasteiger partial charge < -0.3 is 0 Å². The van der Waals surface area contributed by atoms with Gasteiger partial charge in [0.1, 0.15) is 5.92 Å². The quantitative estimate of drug-likeness (QED) is 0.405. The molecular formula is C21H19N3O2S. The minimum atomic E-state index is -0.855. The van der Waals surface area contributed by atoms with Crippen LogP contribution in [0, 0.1) is 18.8 Å². The van der Waals surface area contributed by atoms with Crippen LogP contribution in [-0.2, 0) is 0 Å². The number of rotatable bonds is 4. The Hall–Kier alpha value is -2.86. The second-order valence-corrected chi connectivity index (χ2v) is 8.03. The van der Waals surface area contributed by atoms with E-state index in [1.165, 1.54) is 16.9 Å². The van der Waals surface area contributed by atoms with Gasteiger partial charge in [-0.1, -0.05) is 55.5 Å². The standard InChI is InChI=1S/C21H19N3O2S/c1-11(2)18(17-19(25)13-6-4-5-7-14(13)20(17)26)23-24-21-22-15-9-8-12(3)10-16(15)27-21/h4-11,17H,1-3H3,(H,22,24). The van der Waals surface area contributed by atoms with Crippen LogP contribution in [0.5, 0.6) is 0 Å². The summed E-state index contributed by atoms with van der Waals surface area (Å²) in [7, 11) is 0. The zero-order valence-corrected chi connectivity index (χ0v) is 16.1. The van der Waals surface area contributed by atoms with Gasteiger partial charge in [0.25, 0.3) is 0 Å². The van der Waals surface area contributed by atoms with Gasteiger partial charge in [0, 0.05) is 11.1 Å². The van der Waals surface area contributed by atoms with Crippen LogP contribution in [0.25, 0.3) is 10.2 Å². The van der Waals surface area contributed by atoms with E-state index >= 15 is 0 Å². The van der Waals surface area contributed by atoms with Gasteiger partial charge in [-0.2, -0.15) is 5.10 Å². The Labute approximate surface area is 161 Å². The number of nitrogens with one attached hydrogen (secondary N) is 1. The van der Waals surface area contributed by atoms with E-state index in [9.17, 15) is 9.59 Å². The fraction of sp³-hybridized carbons (Fsp3) is 0.238. The van der Waals surface area contributed by atoms with E-state index in [0.29, 0.717) is 22.0 Å². The lowest BCUT2D eigenvalue weighted by Crippen LogP contribution is -2.30. The maximum absolute atomic E-state index is 12.8. The first-order valence-electron chi connectivity index (χ1n) is 8.84. The molecule has 5 nitrogen and oxygen atoms in total. The first kappa shape index (κ1) is 17.5. The fourth-order valence-electron chi connectivity index (χ4n) is 3.33. The van der Waals surface area contributed by atoms with Crippen LogP contribution in [0.1, 0.15) is 40.1 Å². The summed E-state index contributed by atoms with van der Waals surface area (Å²) in [6.07, 6.45) is 0. The third kappa shape index (κ3) is 3.06. The molecule has 1 heterocycles. The fourth-order valence-corrected chi connectivity index (χ4v) is 4.24. The Balaban J connectivity index is 1.66. The summed E-state index contributed by atoms with van der Waals surface area (Å²) in [5.74, 6) is -1.26. The third-order valence-electron chi connectivity index (χ3n) is 4.69. The van der Waals surface area contributed by atoms with Gasteiger partial charge >= 0.3 is 0 Å². The molecule has 0 aliphatic heterocycles. The Morgan fingerprint density at radius 2 is 1.78 bits per heavy atom. The highest BCUT2D eigenvalue weighted by Gasteiger charge is 2.42. The molecule has 136 valence electrons. The number of Topliss-reactive ketones (excluding diaryl/α,β-unsaturated/α-hetero) is 2. The largest absolute Gasteiger partial charge is 0.293 e. The number of carbonyl (C=O) groups is 2. The van der Waals surface area contributed by atoms with Crippen molar-refractivity contribution in [2.75, 3.05) is 5.43 Å². The zero-order chi connectivity index (χ0) is 19.1. The average molecular weight is 377 g/mol. The minimum absolute atomic E-state index is 0.0543. The highest BCUT2D eigenvalue weighted by Crippen LogP contribution is 2.31. The average Bonchev–Trinajstić information content (AvgIpc) is 3.15. The topological polar surface area (TPSA) is 71.4 Å². The van der Waals surface area contributed by atoms with Crippen molar-refractivity contribution in [3.63, 3.8) is 0 Å². The number of hydrogen-bond acceptors (Lipinski definition) is 6. The van der Waals surface area contributed by atoms with E-state index in [-0.39, 0.29) is 17.5 Å². The summed E-state index contributed by atoms with van der Waals surface area (Å²) in [5, 5.41) is 5.09. The minimum Gasteiger partial charge on any atom is -0.293 e. The van der Waals surface area contributed by atoms with Gasteiger partial charge in [0.15, 0.2) is 11.6 Å². The Bertz CT molecular complexity index is 1060. The van der Waals surface area contributed by atoms with Crippen LogP contribution in [0.2, 0.25) is 0 Å². The van der Waals surface area contributed by atoms with Crippen molar-refractivity contribution in [2.24, 2.45) is 16.9 Å². The molecule has 0 fully saturated rings. The lowest BCUT2D eigenvalue weighted by Gasteiger charge is -2.14. The number of benzene rings is 2. The highest BCUT2D eigenvalue weighted by molar-refractivity contribution is 7.22. The summed E-state index contributed by atoms with van der Waals surface area (Å²) >= 11 is 1.50. The Kier molecular flexibility index (Phi) is 4.36. The molecule has 0 unspecified atom stereocenters. The molecule has 0 atom stereocenters. The first-order chi connectivity index (χ1) is 13.0. The van der Waals surface area contributed by atoms with Crippen molar-refractivity contribution in [1.29, 1.82) is 0 Å². The van der Waals surface area contributed by atoms with Crippen molar-refractivity contribution in [1.82, 2.24) is 4.98 Å². The molecule has 0 amide bonds. The summed E-state index contributed by atoms with van der Waals surface area (Å²) in [5.41, 5.74) is 6.54. The van der Waals surface area contributed by atoms with Crippen molar-refractivity contribution in [3.8, 4) is 0 Å². The Morgan fingerprint density at radius 1 is 1.11 bits per heavy atom. The molecule has 0 bridgehead atoms. The van der Waals surface area contributed by atoms with Crippen molar-refractivity contribution >= 4 is 44.0 Å². The number of nitrogens with zero attached hydrogens (tertiary/aromatic N) is 2. The number of hydrogen-bond donors (Lipinski definition) is 1. The number of aromatic nitrogens is 1. The van der Waals surface area contributed by atoms with Gasteiger partial charge in [-0.15, -0.1) is 0 Å². The number of aryl methyl sites for hydroxylation is 1. The molecule has 1 aliphatic carbocycles.